The Kier molecular flexibility index (Phi) is 4.85. The summed E-state index contributed by atoms with van der Waals surface area (Å²) in [6.45, 7) is 2.09. The Bertz CT molecular complexity index is 946. The van der Waals surface area contributed by atoms with Crippen molar-refractivity contribution in [1.29, 1.82) is 5.26 Å². The van der Waals surface area contributed by atoms with E-state index < -0.39 is 0 Å². The number of unbranched alkanes of at least 4 members (excludes halogenated alkanes) is 1. The molecule has 0 bridgehead atoms. The standard InChI is InChI=1S/C21H19NO3/c1-3-4-8-18-19(17-7-5-6-15(13-22)21(17)25-18)20(23)14-9-11-16(24-2)12-10-14/h5-7,9-12H,3-4,8H2,1-2H3. The molecule has 0 fully saturated rings. The van der Waals surface area contributed by atoms with Crippen molar-refractivity contribution in [2.75, 3.05) is 7.11 Å². The van der Waals surface area contributed by atoms with Crippen LogP contribution < -0.4 is 4.74 Å². The van der Waals surface area contributed by atoms with Crippen molar-refractivity contribution >= 4 is 16.8 Å². The summed E-state index contributed by atoms with van der Waals surface area (Å²) in [5, 5.41) is 10.0. The minimum absolute atomic E-state index is 0.0948. The molecule has 0 radical (unpaired) electrons. The van der Waals surface area contributed by atoms with Gasteiger partial charge in [-0.15, -0.1) is 0 Å². The van der Waals surface area contributed by atoms with Gasteiger partial charge in [-0.3, -0.25) is 4.79 Å². The van der Waals surface area contributed by atoms with E-state index in [1.165, 1.54) is 0 Å². The molecule has 3 rings (SSSR count). The summed E-state index contributed by atoms with van der Waals surface area (Å²) in [7, 11) is 1.59. The quantitative estimate of drug-likeness (QED) is 0.603. The Morgan fingerprint density at radius 1 is 1.20 bits per heavy atom. The third-order valence-electron chi connectivity index (χ3n) is 4.25. The van der Waals surface area contributed by atoms with Crippen molar-refractivity contribution in [3.8, 4) is 11.8 Å². The highest BCUT2D eigenvalue weighted by atomic mass is 16.5. The van der Waals surface area contributed by atoms with Gasteiger partial charge in [-0.25, -0.2) is 0 Å². The number of furan rings is 1. The van der Waals surface area contributed by atoms with Gasteiger partial charge in [-0.2, -0.15) is 5.26 Å². The van der Waals surface area contributed by atoms with Crippen LogP contribution in [0.1, 0.15) is 47.0 Å². The van der Waals surface area contributed by atoms with E-state index in [1.54, 1.807) is 43.5 Å². The molecule has 0 aliphatic rings. The number of nitrogens with zero attached hydrogens (tertiary/aromatic N) is 1. The van der Waals surface area contributed by atoms with Crippen LogP contribution in [0.5, 0.6) is 5.75 Å². The highest BCUT2D eigenvalue weighted by Gasteiger charge is 2.23. The molecule has 0 aliphatic carbocycles. The summed E-state index contributed by atoms with van der Waals surface area (Å²) in [5.41, 5.74) is 2.08. The molecule has 0 aliphatic heterocycles. The first-order chi connectivity index (χ1) is 12.2. The number of benzene rings is 2. The number of hydrogen-bond acceptors (Lipinski definition) is 4. The smallest absolute Gasteiger partial charge is 0.197 e. The van der Waals surface area contributed by atoms with E-state index in [0.29, 0.717) is 45.6 Å². The largest absolute Gasteiger partial charge is 0.497 e. The molecule has 3 aromatic rings. The number of ether oxygens (including phenoxy) is 1. The van der Waals surface area contributed by atoms with Gasteiger partial charge < -0.3 is 9.15 Å². The Morgan fingerprint density at radius 2 is 1.96 bits per heavy atom. The van der Waals surface area contributed by atoms with Crippen LogP contribution in [-0.2, 0) is 6.42 Å². The van der Waals surface area contributed by atoms with Gasteiger partial charge in [0.05, 0.1) is 18.2 Å². The lowest BCUT2D eigenvalue weighted by Crippen LogP contribution is -2.04. The molecule has 126 valence electrons. The van der Waals surface area contributed by atoms with Gasteiger partial charge in [0.25, 0.3) is 0 Å². The molecule has 0 atom stereocenters. The number of fused-ring (bicyclic) bond motifs is 1. The van der Waals surface area contributed by atoms with Gasteiger partial charge in [0, 0.05) is 17.4 Å². The second kappa shape index (κ2) is 7.23. The van der Waals surface area contributed by atoms with Crippen LogP contribution in [0, 0.1) is 11.3 Å². The van der Waals surface area contributed by atoms with Crippen LogP contribution in [0.2, 0.25) is 0 Å². The molecule has 1 heterocycles. The zero-order valence-corrected chi connectivity index (χ0v) is 14.3. The van der Waals surface area contributed by atoms with Crippen LogP contribution in [-0.4, -0.2) is 12.9 Å². The molecule has 0 N–H and O–H groups in total. The lowest BCUT2D eigenvalue weighted by molar-refractivity contribution is 0.103. The van der Waals surface area contributed by atoms with Gasteiger partial charge in [-0.05, 0) is 36.8 Å². The minimum Gasteiger partial charge on any atom is -0.497 e. The molecule has 25 heavy (non-hydrogen) atoms. The molecule has 4 nitrogen and oxygen atoms in total. The summed E-state index contributed by atoms with van der Waals surface area (Å²) in [6, 6.07) is 14.5. The number of ketones is 1. The van der Waals surface area contributed by atoms with E-state index in [2.05, 4.69) is 13.0 Å². The highest BCUT2D eigenvalue weighted by Crippen LogP contribution is 2.31. The molecule has 0 saturated heterocycles. The Balaban J connectivity index is 2.14. The van der Waals surface area contributed by atoms with Gasteiger partial charge in [0.15, 0.2) is 11.4 Å². The topological polar surface area (TPSA) is 63.2 Å². The monoisotopic (exact) mass is 333 g/mol. The number of methoxy groups -OCH3 is 1. The molecule has 4 heteroatoms. The first kappa shape index (κ1) is 16.8. The maximum absolute atomic E-state index is 13.1. The fourth-order valence-corrected chi connectivity index (χ4v) is 2.91. The van der Waals surface area contributed by atoms with E-state index in [9.17, 15) is 10.1 Å². The SMILES string of the molecule is CCCCc1oc2c(C#N)cccc2c1C(=O)c1ccc(OC)cc1. The summed E-state index contributed by atoms with van der Waals surface area (Å²) in [4.78, 5) is 13.1. The lowest BCUT2D eigenvalue weighted by atomic mass is 9.97. The van der Waals surface area contributed by atoms with E-state index >= 15 is 0 Å². The van der Waals surface area contributed by atoms with Crippen molar-refractivity contribution in [2.24, 2.45) is 0 Å². The highest BCUT2D eigenvalue weighted by molar-refractivity contribution is 6.17. The van der Waals surface area contributed by atoms with Gasteiger partial charge in [0.1, 0.15) is 17.6 Å². The second-order valence-electron chi connectivity index (χ2n) is 5.86. The molecule has 0 amide bonds. The Morgan fingerprint density at radius 3 is 2.60 bits per heavy atom. The number of aryl methyl sites for hydroxylation is 1. The number of nitriles is 1. The molecule has 2 aromatic carbocycles. The Labute approximate surface area is 146 Å². The number of para-hydroxylation sites is 1. The van der Waals surface area contributed by atoms with E-state index in [4.69, 9.17) is 9.15 Å². The fraction of sp³-hybridized carbons (Fsp3) is 0.238. The summed E-state index contributed by atoms with van der Waals surface area (Å²) >= 11 is 0. The van der Waals surface area contributed by atoms with Crippen molar-refractivity contribution in [3.05, 3.63) is 64.9 Å². The van der Waals surface area contributed by atoms with Crippen LogP contribution in [0.25, 0.3) is 11.0 Å². The van der Waals surface area contributed by atoms with Gasteiger partial charge in [0.2, 0.25) is 0 Å². The zero-order chi connectivity index (χ0) is 17.8. The third-order valence-corrected chi connectivity index (χ3v) is 4.25. The van der Waals surface area contributed by atoms with E-state index in [1.807, 2.05) is 6.07 Å². The average Bonchev–Trinajstić information content (AvgIpc) is 3.04. The maximum atomic E-state index is 13.1. The van der Waals surface area contributed by atoms with Crippen LogP contribution >= 0.6 is 0 Å². The van der Waals surface area contributed by atoms with Gasteiger partial charge >= 0.3 is 0 Å². The maximum Gasteiger partial charge on any atom is 0.197 e. The minimum atomic E-state index is -0.0948. The number of rotatable bonds is 6. The molecule has 0 unspecified atom stereocenters. The molecular formula is C21H19NO3. The first-order valence-corrected chi connectivity index (χ1v) is 8.32. The summed E-state index contributed by atoms with van der Waals surface area (Å²) in [5.74, 6) is 1.26. The summed E-state index contributed by atoms with van der Waals surface area (Å²) < 4.78 is 11.1. The molecule has 0 spiro atoms. The van der Waals surface area contributed by atoms with Crippen LogP contribution in [0.3, 0.4) is 0 Å². The van der Waals surface area contributed by atoms with Crippen LogP contribution in [0.4, 0.5) is 0 Å². The lowest BCUT2D eigenvalue weighted by Gasteiger charge is -2.04. The molecule has 1 aromatic heterocycles. The van der Waals surface area contributed by atoms with Crippen molar-refractivity contribution in [1.82, 2.24) is 0 Å². The number of carbonyl (C=O) groups excluding carboxylic acids is 1. The van der Waals surface area contributed by atoms with Crippen molar-refractivity contribution < 1.29 is 13.9 Å². The first-order valence-electron chi connectivity index (χ1n) is 8.32. The summed E-state index contributed by atoms with van der Waals surface area (Å²) in [6.07, 6.45) is 2.59. The predicted molar refractivity (Wildman–Crippen MR) is 96.0 cm³/mol. The van der Waals surface area contributed by atoms with Crippen molar-refractivity contribution in [2.45, 2.75) is 26.2 Å². The van der Waals surface area contributed by atoms with Crippen LogP contribution in [0.15, 0.2) is 46.9 Å². The fourth-order valence-electron chi connectivity index (χ4n) is 2.91. The van der Waals surface area contributed by atoms with E-state index in [-0.39, 0.29) is 5.78 Å². The average molecular weight is 333 g/mol. The molecule has 0 saturated carbocycles. The Hall–Kier alpha value is -3.06. The third kappa shape index (κ3) is 3.14. The normalized spacial score (nSPS) is 10.6. The van der Waals surface area contributed by atoms with Crippen molar-refractivity contribution in [3.63, 3.8) is 0 Å². The number of carbonyl (C=O) groups is 1. The van der Waals surface area contributed by atoms with E-state index in [0.717, 1.165) is 12.8 Å². The number of hydrogen-bond donors (Lipinski definition) is 0. The predicted octanol–water partition coefficient (Wildman–Crippen LogP) is 4.89. The zero-order valence-electron chi connectivity index (χ0n) is 14.3. The second-order valence-corrected chi connectivity index (χ2v) is 5.86. The molecular weight excluding hydrogens is 314 g/mol. The van der Waals surface area contributed by atoms with Gasteiger partial charge in [-0.1, -0.05) is 25.5 Å².